The maximum atomic E-state index is 12.6. The average Bonchev–Trinajstić information content (AvgIpc) is 2.61. The van der Waals surface area contributed by atoms with Crippen LogP contribution in [0.4, 0.5) is 0 Å². The molecule has 0 heterocycles. The van der Waals surface area contributed by atoms with Gasteiger partial charge in [0.25, 0.3) is 5.91 Å². The summed E-state index contributed by atoms with van der Waals surface area (Å²) in [7, 11) is 1.61. The lowest BCUT2D eigenvalue weighted by molar-refractivity contribution is 0.0930. The number of amides is 1. The molecule has 1 N–H and O–H groups in total. The monoisotopic (exact) mass is 375 g/mol. The third kappa shape index (κ3) is 5.75. The van der Waals surface area contributed by atoms with Crippen LogP contribution >= 0.6 is 11.6 Å². The Morgan fingerprint density at radius 1 is 1.12 bits per heavy atom. The number of methoxy groups -OCH3 is 1. The van der Waals surface area contributed by atoms with Crippen molar-refractivity contribution in [3.8, 4) is 5.75 Å². The third-order valence-electron chi connectivity index (χ3n) is 3.97. The fourth-order valence-corrected chi connectivity index (χ4v) is 2.68. The van der Waals surface area contributed by atoms with Gasteiger partial charge in [0.05, 0.1) is 19.8 Å². The van der Waals surface area contributed by atoms with E-state index in [1.807, 2.05) is 37.3 Å². The van der Waals surface area contributed by atoms with Crippen LogP contribution in [0.15, 0.2) is 42.5 Å². The summed E-state index contributed by atoms with van der Waals surface area (Å²) in [6.07, 6.45) is 0. The van der Waals surface area contributed by atoms with Crippen LogP contribution in [-0.4, -0.2) is 19.6 Å². The van der Waals surface area contributed by atoms with Crippen molar-refractivity contribution >= 4 is 17.5 Å². The maximum Gasteiger partial charge on any atom is 0.251 e. The SMILES string of the molecule is COc1ccc(C(=O)N[C@@H](C)c2ccc(Cl)cc2)cc1COCC(C)C. The summed E-state index contributed by atoms with van der Waals surface area (Å²) < 4.78 is 11.1. The Morgan fingerprint density at radius 3 is 2.42 bits per heavy atom. The molecule has 0 fully saturated rings. The summed E-state index contributed by atoms with van der Waals surface area (Å²) in [4.78, 5) is 12.6. The van der Waals surface area contributed by atoms with Crippen LogP contribution in [0.3, 0.4) is 0 Å². The highest BCUT2D eigenvalue weighted by atomic mass is 35.5. The van der Waals surface area contributed by atoms with E-state index < -0.39 is 0 Å². The molecule has 0 saturated carbocycles. The molecule has 2 aromatic carbocycles. The fourth-order valence-electron chi connectivity index (χ4n) is 2.55. The zero-order chi connectivity index (χ0) is 19.1. The zero-order valence-electron chi connectivity index (χ0n) is 15.7. The Morgan fingerprint density at radius 2 is 1.81 bits per heavy atom. The molecule has 0 spiro atoms. The number of rotatable bonds is 8. The molecule has 0 radical (unpaired) electrons. The van der Waals surface area contributed by atoms with Gasteiger partial charge in [-0.05, 0) is 48.7 Å². The zero-order valence-corrected chi connectivity index (χ0v) is 16.5. The lowest BCUT2D eigenvalue weighted by atomic mass is 10.1. The van der Waals surface area contributed by atoms with Gasteiger partial charge in [-0.3, -0.25) is 4.79 Å². The minimum Gasteiger partial charge on any atom is -0.496 e. The highest BCUT2D eigenvalue weighted by molar-refractivity contribution is 6.30. The van der Waals surface area contributed by atoms with Gasteiger partial charge in [0, 0.05) is 22.8 Å². The molecular formula is C21H26ClNO3. The largest absolute Gasteiger partial charge is 0.496 e. The molecule has 0 saturated heterocycles. The number of halogens is 1. The van der Waals surface area contributed by atoms with Gasteiger partial charge in [-0.15, -0.1) is 0 Å². The summed E-state index contributed by atoms with van der Waals surface area (Å²) in [5, 5.41) is 3.68. The van der Waals surface area contributed by atoms with Gasteiger partial charge < -0.3 is 14.8 Å². The maximum absolute atomic E-state index is 12.6. The number of ether oxygens (including phenoxy) is 2. The van der Waals surface area contributed by atoms with Crippen molar-refractivity contribution in [2.75, 3.05) is 13.7 Å². The van der Waals surface area contributed by atoms with Crippen molar-refractivity contribution in [3.63, 3.8) is 0 Å². The highest BCUT2D eigenvalue weighted by Crippen LogP contribution is 2.22. The second kappa shape index (κ2) is 9.60. The molecule has 0 aliphatic heterocycles. The second-order valence-corrected chi connectivity index (χ2v) is 7.12. The van der Waals surface area contributed by atoms with E-state index in [-0.39, 0.29) is 11.9 Å². The van der Waals surface area contributed by atoms with E-state index in [1.165, 1.54) is 0 Å². The molecule has 0 aliphatic rings. The van der Waals surface area contributed by atoms with E-state index in [9.17, 15) is 4.79 Å². The van der Waals surface area contributed by atoms with Crippen LogP contribution in [0.1, 0.15) is 48.3 Å². The summed E-state index contributed by atoms with van der Waals surface area (Å²) in [5.74, 6) is 1.03. The first kappa shape index (κ1) is 20.3. The van der Waals surface area contributed by atoms with E-state index in [0.717, 1.165) is 16.9 Å². The Kier molecular flexibility index (Phi) is 7.49. The first-order valence-electron chi connectivity index (χ1n) is 8.71. The van der Waals surface area contributed by atoms with E-state index in [0.29, 0.717) is 29.7 Å². The Balaban J connectivity index is 2.08. The Bertz CT molecular complexity index is 729. The van der Waals surface area contributed by atoms with Gasteiger partial charge in [-0.2, -0.15) is 0 Å². The lowest BCUT2D eigenvalue weighted by Crippen LogP contribution is -2.26. The van der Waals surface area contributed by atoms with Crippen molar-refractivity contribution in [1.82, 2.24) is 5.32 Å². The van der Waals surface area contributed by atoms with Gasteiger partial charge in [0.2, 0.25) is 0 Å². The molecule has 1 atom stereocenters. The van der Waals surface area contributed by atoms with E-state index in [4.69, 9.17) is 21.1 Å². The molecule has 0 unspecified atom stereocenters. The first-order chi connectivity index (χ1) is 12.4. The molecule has 5 heteroatoms. The van der Waals surface area contributed by atoms with Gasteiger partial charge in [-0.1, -0.05) is 37.6 Å². The van der Waals surface area contributed by atoms with Crippen LogP contribution < -0.4 is 10.1 Å². The minimum absolute atomic E-state index is 0.123. The van der Waals surface area contributed by atoms with Crippen molar-refractivity contribution in [3.05, 3.63) is 64.2 Å². The Labute approximate surface area is 160 Å². The summed E-state index contributed by atoms with van der Waals surface area (Å²) in [5.41, 5.74) is 2.44. The van der Waals surface area contributed by atoms with E-state index >= 15 is 0 Å². The van der Waals surface area contributed by atoms with Gasteiger partial charge in [-0.25, -0.2) is 0 Å². The molecular weight excluding hydrogens is 350 g/mol. The molecule has 4 nitrogen and oxygen atoms in total. The quantitative estimate of drug-likeness (QED) is 0.705. The van der Waals surface area contributed by atoms with Gasteiger partial charge in [0.15, 0.2) is 0 Å². The van der Waals surface area contributed by atoms with E-state index in [2.05, 4.69) is 19.2 Å². The summed E-state index contributed by atoms with van der Waals surface area (Å²) in [6, 6.07) is 12.7. The van der Waals surface area contributed by atoms with Crippen LogP contribution in [0, 0.1) is 5.92 Å². The van der Waals surface area contributed by atoms with Gasteiger partial charge >= 0.3 is 0 Å². The molecule has 0 aliphatic carbocycles. The summed E-state index contributed by atoms with van der Waals surface area (Å²) in [6.45, 7) is 7.21. The van der Waals surface area contributed by atoms with Crippen molar-refractivity contribution in [2.24, 2.45) is 5.92 Å². The second-order valence-electron chi connectivity index (χ2n) is 6.68. The minimum atomic E-state index is -0.139. The number of nitrogens with one attached hydrogen (secondary N) is 1. The topological polar surface area (TPSA) is 47.6 Å². The standard InChI is InChI=1S/C21H26ClNO3/c1-14(2)12-26-13-18-11-17(7-10-20(18)25-4)21(24)23-15(3)16-5-8-19(22)9-6-16/h5-11,14-15H,12-13H2,1-4H3,(H,23,24)/t15-/m0/s1. The van der Waals surface area contributed by atoms with E-state index in [1.54, 1.807) is 19.2 Å². The predicted molar refractivity (Wildman–Crippen MR) is 105 cm³/mol. The third-order valence-corrected chi connectivity index (χ3v) is 4.22. The molecule has 26 heavy (non-hydrogen) atoms. The molecule has 0 aromatic heterocycles. The average molecular weight is 376 g/mol. The first-order valence-corrected chi connectivity index (χ1v) is 9.09. The van der Waals surface area contributed by atoms with Crippen LogP contribution in [0.5, 0.6) is 5.75 Å². The van der Waals surface area contributed by atoms with Crippen LogP contribution in [-0.2, 0) is 11.3 Å². The summed E-state index contributed by atoms with van der Waals surface area (Å²) >= 11 is 5.91. The van der Waals surface area contributed by atoms with Crippen LogP contribution in [0.2, 0.25) is 5.02 Å². The van der Waals surface area contributed by atoms with Crippen LogP contribution in [0.25, 0.3) is 0 Å². The van der Waals surface area contributed by atoms with Crippen molar-refractivity contribution in [1.29, 1.82) is 0 Å². The molecule has 1 amide bonds. The number of carbonyl (C=O) groups excluding carboxylic acids is 1. The van der Waals surface area contributed by atoms with Crippen molar-refractivity contribution < 1.29 is 14.3 Å². The van der Waals surface area contributed by atoms with Gasteiger partial charge in [0.1, 0.15) is 5.75 Å². The molecule has 140 valence electrons. The Hall–Kier alpha value is -2.04. The normalized spacial score (nSPS) is 12.1. The predicted octanol–water partition coefficient (Wildman–Crippen LogP) is 5.01. The smallest absolute Gasteiger partial charge is 0.251 e. The number of benzene rings is 2. The lowest BCUT2D eigenvalue weighted by Gasteiger charge is -2.16. The number of carbonyl (C=O) groups is 1. The molecule has 0 bridgehead atoms. The highest BCUT2D eigenvalue weighted by Gasteiger charge is 2.14. The molecule has 2 rings (SSSR count). The van der Waals surface area contributed by atoms with Crippen molar-refractivity contribution in [2.45, 2.75) is 33.4 Å². The molecule has 2 aromatic rings. The fraction of sp³-hybridized carbons (Fsp3) is 0.381. The number of hydrogen-bond acceptors (Lipinski definition) is 3. The number of hydrogen-bond donors (Lipinski definition) is 1.